The maximum absolute atomic E-state index is 11.9. The lowest BCUT2D eigenvalue weighted by molar-refractivity contribution is -0.140. The lowest BCUT2D eigenvalue weighted by Gasteiger charge is -2.16. The Hall–Kier alpha value is -1.44. The van der Waals surface area contributed by atoms with Crippen molar-refractivity contribution in [1.82, 2.24) is 10.6 Å². The predicted molar refractivity (Wildman–Crippen MR) is 68.9 cm³/mol. The van der Waals surface area contributed by atoms with Gasteiger partial charge in [-0.1, -0.05) is 0 Å². The summed E-state index contributed by atoms with van der Waals surface area (Å²) >= 11 is 0. The van der Waals surface area contributed by atoms with E-state index in [4.69, 9.17) is 5.11 Å². The Morgan fingerprint density at radius 1 is 1.37 bits per heavy atom. The van der Waals surface area contributed by atoms with Gasteiger partial charge < -0.3 is 15.7 Å². The molecule has 1 aliphatic carbocycles. The van der Waals surface area contributed by atoms with E-state index in [1.54, 1.807) is 0 Å². The number of carboxylic acids is 1. The van der Waals surface area contributed by atoms with Crippen LogP contribution in [0, 0.1) is 0 Å². The van der Waals surface area contributed by atoms with E-state index < -0.39 is 34.0 Å². The Morgan fingerprint density at radius 3 is 2.37 bits per heavy atom. The van der Waals surface area contributed by atoms with Gasteiger partial charge in [0.1, 0.15) is 11.3 Å². The summed E-state index contributed by atoms with van der Waals surface area (Å²) in [6, 6.07) is -1.08. The Balaban J connectivity index is 2.51. The van der Waals surface area contributed by atoms with E-state index in [1.165, 1.54) is 13.8 Å². The Bertz CT molecular complexity index is 408. The highest BCUT2D eigenvalue weighted by Crippen LogP contribution is 2.19. The summed E-state index contributed by atoms with van der Waals surface area (Å²) in [6.07, 6.45) is 1.85. The minimum Gasteiger partial charge on any atom is -0.480 e. The Kier molecular flexibility index (Phi) is 5.46. The average molecular weight is 290 g/mol. The van der Waals surface area contributed by atoms with E-state index in [-0.39, 0.29) is 17.7 Å². The van der Waals surface area contributed by atoms with Crippen LogP contribution in [0.2, 0.25) is 0 Å². The van der Waals surface area contributed by atoms with E-state index in [0.29, 0.717) is 0 Å². The maximum Gasteiger partial charge on any atom is 0.327 e. The van der Waals surface area contributed by atoms with Gasteiger partial charge in [-0.3, -0.25) is 13.8 Å². The summed E-state index contributed by atoms with van der Waals surface area (Å²) < 4.78 is 11.9. The smallest absolute Gasteiger partial charge is 0.327 e. The van der Waals surface area contributed by atoms with E-state index in [9.17, 15) is 18.6 Å². The second kappa shape index (κ2) is 6.65. The summed E-state index contributed by atoms with van der Waals surface area (Å²) in [4.78, 5) is 33.4. The van der Waals surface area contributed by atoms with Crippen LogP contribution in [0.1, 0.15) is 26.7 Å². The molecule has 1 rings (SSSR count). The normalized spacial score (nSPS) is 19.1. The number of rotatable bonds is 7. The summed E-state index contributed by atoms with van der Waals surface area (Å²) in [7, 11) is -1.66. The van der Waals surface area contributed by atoms with Crippen molar-refractivity contribution in [2.45, 2.75) is 44.0 Å². The quantitative estimate of drug-likeness (QED) is 0.556. The fourth-order valence-corrected chi connectivity index (χ4v) is 2.54. The van der Waals surface area contributed by atoms with Gasteiger partial charge >= 0.3 is 5.97 Å². The molecule has 0 saturated heterocycles. The average Bonchev–Trinajstić information content (AvgIpc) is 3.09. The van der Waals surface area contributed by atoms with Gasteiger partial charge in [0.25, 0.3) is 0 Å². The van der Waals surface area contributed by atoms with Crippen molar-refractivity contribution >= 4 is 28.6 Å². The van der Waals surface area contributed by atoms with Gasteiger partial charge in [-0.15, -0.1) is 0 Å². The molecule has 1 aliphatic rings. The van der Waals surface area contributed by atoms with Crippen LogP contribution in [-0.2, 0) is 25.2 Å². The molecule has 1 fully saturated rings. The molecule has 3 N–H and O–H groups in total. The van der Waals surface area contributed by atoms with Crippen molar-refractivity contribution in [3.05, 3.63) is 0 Å². The topological polar surface area (TPSA) is 113 Å². The molecule has 0 aromatic carbocycles. The van der Waals surface area contributed by atoms with Crippen LogP contribution in [0.3, 0.4) is 0 Å². The first kappa shape index (κ1) is 15.6. The molecular formula is C11H18N2O5S. The van der Waals surface area contributed by atoms with Gasteiger partial charge in [0.15, 0.2) is 0 Å². The Labute approximate surface area is 113 Å². The van der Waals surface area contributed by atoms with Crippen LogP contribution < -0.4 is 10.6 Å². The molecule has 0 aromatic rings. The number of hydrogen-bond acceptors (Lipinski definition) is 4. The first-order valence-corrected chi connectivity index (χ1v) is 7.37. The molecule has 0 radical (unpaired) electrons. The van der Waals surface area contributed by atoms with Crippen LogP contribution in [-0.4, -0.2) is 50.2 Å². The van der Waals surface area contributed by atoms with Crippen LogP contribution in [0.25, 0.3) is 0 Å². The van der Waals surface area contributed by atoms with Crippen molar-refractivity contribution in [3.8, 4) is 0 Å². The van der Waals surface area contributed by atoms with Crippen molar-refractivity contribution in [1.29, 1.82) is 0 Å². The minimum absolute atomic E-state index is 0.164. The highest BCUT2D eigenvalue weighted by atomic mass is 32.2. The van der Waals surface area contributed by atoms with E-state index in [0.717, 1.165) is 12.8 Å². The largest absolute Gasteiger partial charge is 0.480 e. The first-order chi connectivity index (χ1) is 8.81. The molecule has 2 amide bonds. The van der Waals surface area contributed by atoms with Gasteiger partial charge in [0.2, 0.25) is 11.8 Å². The van der Waals surface area contributed by atoms with Crippen molar-refractivity contribution in [2.75, 3.05) is 5.75 Å². The molecule has 0 aromatic heterocycles. The molecule has 1 saturated carbocycles. The second-order valence-corrected chi connectivity index (χ2v) is 6.37. The van der Waals surface area contributed by atoms with E-state index in [2.05, 4.69) is 10.6 Å². The number of carbonyl (C=O) groups is 3. The number of nitrogens with one attached hydrogen (secondary N) is 2. The summed E-state index contributed by atoms with van der Waals surface area (Å²) in [6.45, 7) is 2.67. The third kappa shape index (κ3) is 5.37. The lowest BCUT2D eigenvalue weighted by Crippen LogP contribution is -2.46. The summed E-state index contributed by atoms with van der Waals surface area (Å²) in [5, 5.41) is 13.0. The zero-order valence-electron chi connectivity index (χ0n) is 10.8. The van der Waals surface area contributed by atoms with Gasteiger partial charge in [-0.2, -0.15) is 0 Å². The Morgan fingerprint density at radius 2 is 1.95 bits per heavy atom. The van der Waals surface area contributed by atoms with Crippen molar-refractivity contribution in [2.24, 2.45) is 0 Å². The van der Waals surface area contributed by atoms with Gasteiger partial charge in [0, 0.05) is 23.8 Å². The van der Waals surface area contributed by atoms with Crippen molar-refractivity contribution in [3.63, 3.8) is 0 Å². The van der Waals surface area contributed by atoms with Crippen LogP contribution in [0.15, 0.2) is 0 Å². The summed E-state index contributed by atoms with van der Waals surface area (Å²) in [5.74, 6) is -2.40. The van der Waals surface area contributed by atoms with Gasteiger partial charge in [0.05, 0.1) is 5.75 Å². The number of amides is 2. The van der Waals surface area contributed by atoms with Gasteiger partial charge in [-0.25, -0.2) is 4.79 Å². The zero-order chi connectivity index (χ0) is 14.6. The standard InChI is InChI=1S/C11H18N2O5S/c1-6(10(15)13-8-3-4-8)19(18)5-9(11(16)17)12-7(2)14/h6,8-9H,3-5H2,1-2H3,(H,12,14)(H,13,15)(H,16,17). The molecule has 0 spiro atoms. The highest BCUT2D eigenvalue weighted by molar-refractivity contribution is 7.86. The molecule has 108 valence electrons. The molecule has 19 heavy (non-hydrogen) atoms. The third-order valence-electron chi connectivity index (χ3n) is 2.69. The molecule has 3 atom stereocenters. The van der Waals surface area contributed by atoms with Crippen molar-refractivity contribution < 1.29 is 23.7 Å². The van der Waals surface area contributed by atoms with Crippen LogP contribution in [0.5, 0.6) is 0 Å². The SMILES string of the molecule is CC(=O)NC(CS(=O)C(C)C(=O)NC1CC1)C(=O)O. The van der Waals surface area contributed by atoms with Crippen LogP contribution in [0.4, 0.5) is 0 Å². The fourth-order valence-electron chi connectivity index (χ4n) is 1.39. The van der Waals surface area contributed by atoms with E-state index in [1.807, 2.05) is 0 Å². The molecule has 0 bridgehead atoms. The number of aliphatic carboxylic acids is 1. The molecule has 8 heteroatoms. The monoisotopic (exact) mass is 290 g/mol. The second-order valence-electron chi connectivity index (χ2n) is 4.56. The summed E-state index contributed by atoms with van der Waals surface area (Å²) in [5.41, 5.74) is 0. The first-order valence-electron chi connectivity index (χ1n) is 5.98. The number of carbonyl (C=O) groups excluding carboxylic acids is 2. The minimum atomic E-state index is -1.66. The lowest BCUT2D eigenvalue weighted by atomic mass is 10.3. The fraction of sp³-hybridized carbons (Fsp3) is 0.727. The highest BCUT2D eigenvalue weighted by Gasteiger charge is 2.30. The molecule has 3 unspecified atom stereocenters. The third-order valence-corrected chi connectivity index (χ3v) is 4.36. The predicted octanol–water partition coefficient (Wildman–Crippen LogP) is -1.01. The van der Waals surface area contributed by atoms with E-state index >= 15 is 0 Å². The molecule has 0 aliphatic heterocycles. The molecular weight excluding hydrogens is 272 g/mol. The molecule has 7 nitrogen and oxygen atoms in total. The molecule has 0 heterocycles. The maximum atomic E-state index is 11.9. The number of carboxylic acid groups (broad SMARTS) is 1. The van der Waals surface area contributed by atoms with Crippen LogP contribution >= 0.6 is 0 Å². The zero-order valence-corrected chi connectivity index (χ0v) is 11.7. The van der Waals surface area contributed by atoms with Gasteiger partial charge in [-0.05, 0) is 19.8 Å². The number of hydrogen-bond donors (Lipinski definition) is 3.